The molecule has 1 heterocycles. The van der Waals surface area contributed by atoms with Gasteiger partial charge in [-0.15, -0.1) is 0 Å². The van der Waals surface area contributed by atoms with Crippen LogP contribution < -0.4 is 5.73 Å². The first kappa shape index (κ1) is 14.4. The predicted molar refractivity (Wildman–Crippen MR) is 74.8 cm³/mol. The summed E-state index contributed by atoms with van der Waals surface area (Å²) < 4.78 is 0. The molecule has 3 nitrogen and oxygen atoms in total. The SMILES string of the molecule is CCCC(C(=O)N1CCCCCC1C)C(N)=S. The summed E-state index contributed by atoms with van der Waals surface area (Å²) in [5.41, 5.74) is 5.70. The molecule has 0 spiro atoms. The van der Waals surface area contributed by atoms with Crippen LogP contribution in [-0.4, -0.2) is 28.4 Å². The van der Waals surface area contributed by atoms with Crippen LogP contribution in [0.5, 0.6) is 0 Å². The molecular weight excluding hydrogens is 232 g/mol. The molecule has 1 aliphatic heterocycles. The van der Waals surface area contributed by atoms with Gasteiger partial charge in [0.15, 0.2) is 0 Å². The number of nitrogens with zero attached hydrogens (tertiary/aromatic N) is 1. The predicted octanol–water partition coefficient (Wildman–Crippen LogP) is 2.48. The van der Waals surface area contributed by atoms with Crippen molar-refractivity contribution in [2.45, 2.75) is 58.4 Å². The summed E-state index contributed by atoms with van der Waals surface area (Å²) in [5, 5.41) is 0. The first-order valence-corrected chi connectivity index (χ1v) is 7.08. The molecule has 2 N–H and O–H groups in total. The van der Waals surface area contributed by atoms with E-state index in [0.717, 1.165) is 32.2 Å². The van der Waals surface area contributed by atoms with Gasteiger partial charge in [0.1, 0.15) is 0 Å². The maximum Gasteiger partial charge on any atom is 0.232 e. The van der Waals surface area contributed by atoms with Crippen molar-refractivity contribution >= 4 is 23.1 Å². The minimum atomic E-state index is -0.254. The van der Waals surface area contributed by atoms with E-state index in [0.29, 0.717) is 11.0 Å². The zero-order chi connectivity index (χ0) is 12.8. The number of nitrogens with two attached hydrogens (primary N) is 1. The molecule has 1 saturated heterocycles. The molecule has 0 bridgehead atoms. The molecular formula is C13H24N2OS. The third kappa shape index (κ3) is 3.95. The lowest BCUT2D eigenvalue weighted by Crippen LogP contribution is -2.45. The molecule has 0 aromatic rings. The first-order valence-electron chi connectivity index (χ1n) is 6.67. The summed E-state index contributed by atoms with van der Waals surface area (Å²) >= 11 is 5.03. The Morgan fingerprint density at radius 2 is 2.18 bits per heavy atom. The number of hydrogen-bond donors (Lipinski definition) is 1. The molecule has 0 aromatic carbocycles. The summed E-state index contributed by atoms with van der Waals surface area (Å²) in [6.07, 6.45) is 6.36. The fraction of sp³-hybridized carbons (Fsp3) is 0.846. The minimum absolute atomic E-state index is 0.147. The summed E-state index contributed by atoms with van der Waals surface area (Å²) in [6, 6.07) is 0.332. The van der Waals surface area contributed by atoms with Gasteiger partial charge in [-0.2, -0.15) is 0 Å². The molecule has 17 heavy (non-hydrogen) atoms. The Morgan fingerprint density at radius 1 is 1.47 bits per heavy atom. The number of thiocarbonyl (C=S) groups is 1. The highest BCUT2D eigenvalue weighted by Crippen LogP contribution is 2.20. The van der Waals surface area contributed by atoms with E-state index in [1.54, 1.807) is 0 Å². The molecule has 1 fully saturated rings. The van der Waals surface area contributed by atoms with Crippen LogP contribution in [0.1, 0.15) is 52.4 Å². The second kappa shape index (κ2) is 6.94. The van der Waals surface area contributed by atoms with E-state index in [1.807, 2.05) is 4.90 Å². The third-order valence-electron chi connectivity index (χ3n) is 3.55. The second-order valence-electron chi connectivity index (χ2n) is 4.97. The van der Waals surface area contributed by atoms with Crippen molar-refractivity contribution in [3.05, 3.63) is 0 Å². The topological polar surface area (TPSA) is 46.3 Å². The maximum absolute atomic E-state index is 12.5. The number of likely N-dealkylation sites (tertiary alicyclic amines) is 1. The van der Waals surface area contributed by atoms with Crippen LogP contribution in [0.2, 0.25) is 0 Å². The highest BCUT2D eigenvalue weighted by Gasteiger charge is 2.29. The van der Waals surface area contributed by atoms with Crippen molar-refractivity contribution < 1.29 is 4.79 Å². The van der Waals surface area contributed by atoms with Gasteiger partial charge in [0.25, 0.3) is 0 Å². The second-order valence-corrected chi connectivity index (χ2v) is 5.45. The Hall–Kier alpha value is -0.640. The number of amides is 1. The van der Waals surface area contributed by atoms with E-state index in [4.69, 9.17) is 18.0 Å². The number of hydrogen-bond acceptors (Lipinski definition) is 2. The minimum Gasteiger partial charge on any atom is -0.393 e. The summed E-state index contributed by atoms with van der Waals surface area (Å²) in [4.78, 5) is 14.8. The van der Waals surface area contributed by atoms with Gasteiger partial charge in [0.05, 0.1) is 10.9 Å². The highest BCUT2D eigenvalue weighted by molar-refractivity contribution is 7.80. The molecule has 0 saturated carbocycles. The fourth-order valence-electron chi connectivity index (χ4n) is 2.48. The molecule has 0 aromatic heterocycles. The maximum atomic E-state index is 12.5. The largest absolute Gasteiger partial charge is 0.393 e. The average molecular weight is 256 g/mol. The van der Waals surface area contributed by atoms with Crippen molar-refractivity contribution in [2.24, 2.45) is 11.7 Å². The van der Waals surface area contributed by atoms with Crippen molar-refractivity contribution in [1.29, 1.82) is 0 Å². The van der Waals surface area contributed by atoms with Crippen LogP contribution >= 0.6 is 12.2 Å². The smallest absolute Gasteiger partial charge is 0.232 e. The zero-order valence-corrected chi connectivity index (χ0v) is 11.8. The lowest BCUT2D eigenvalue weighted by atomic mass is 10.0. The lowest BCUT2D eigenvalue weighted by molar-refractivity contribution is -0.135. The molecule has 1 aliphatic rings. The van der Waals surface area contributed by atoms with E-state index < -0.39 is 0 Å². The molecule has 0 aliphatic carbocycles. The van der Waals surface area contributed by atoms with Crippen molar-refractivity contribution in [2.75, 3.05) is 6.54 Å². The molecule has 1 amide bonds. The van der Waals surface area contributed by atoms with Gasteiger partial charge in [-0.05, 0) is 26.2 Å². The normalized spacial score (nSPS) is 22.9. The third-order valence-corrected chi connectivity index (χ3v) is 3.84. The van der Waals surface area contributed by atoms with Gasteiger partial charge in [0, 0.05) is 12.6 Å². The quantitative estimate of drug-likeness (QED) is 0.786. The van der Waals surface area contributed by atoms with Crippen LogP contribution in [0.25, 0.3) is 0 Å². The van der Waals surface area contributed by atoms with E-state index in [1.165, 1.54) is 12.8 Å². The van der Waals surface area contributed by atoms with Gasteiger partial charge in [-0.1, -0.05) is 38.4 Å². The van der Waals surface area contributed by atoms with Crippen LogP contribution in [0.15, 0.2) is 0 Å². The van der Waals surface area contributed by atoms with E-state index in [2.05, 4.69) is 13.8 Å². The Bertz CT molecular complexity index is 281. The van der Waals surface area contributed by atoms with Crippen LogP contribution in [-0.2, 0) is 4.79 Å². The number of rotatable bonds is 4. The van der Waals surface area contributed by atoms with Gasteiger partial charge in [-0.25, -0.2) is 0 Å². The van der Waals surface area contributed by atoms with Crippen LogP contribution in [0.3, 0.4) is 0 Å². The van der Waals surface area contributed by atoms with Gasteiger partial charge >= 0.3 is 0 Å². The van der Waals surface area contributed by atoms with Gasteiger partial charge < -0.3 is 10.6 Å². The Kier molecular flexibility index (Phi) is 5.89. The molecule has 4 heteroatoms. The fourth-order valence-corrected chi connectivity index (χ4v) is 2.70. The number of carbonyl (C=O) groups is 1. The van der Waals surface area contributed by atoms with E-state index >= 15 is 0 Å². The van der Waals surface area contributed by atoms with Crippen molar-refractivity contribution in [3.63, 3.8) is 0 Å². The Balaban J connectivity index is 2.73. The first-order chi connectivity index (χ1) is 8.07. The summed E-state index contributed by atoms with van der Waals surface area (Å²) in [6.45, 7) is 5.05. The molecule has 98 valence electrons. The highest BCUT2D eigenvalue weighted by atomic mass is 32.1. The van der Waals surface area contributed by atoms with Crippen LogP contribution in [0.4, 0.5) is 0 Å². The zero-order valence-electron chi connectivity index (χ0n) is 10.9. The molecule has 0 radical (unpaired) electrons. The Labute approximate surface area is 110 Å². The number of carbonyl (C=O) groups excluding carboxylic acids is 1. The van der Waals surface area contributed by atoms with E-state index in [-0.39, 0.29) is 11.8 Å². The average Bonchev–Trinajstić information content (AvgIpc) is 2.49. The lowest BCUT2D eigenvalue weighted by Gasteiger charge is -2.30. The summed E-state index contributed by atoms with van der Waals surface area (Å²) in [7, 11) is 0. The molecule has 1 rings (SSSR count). The van der Waals surface area contributed by atoms with Crippen molar-refractivity contribution in [3.8, 4) is 0 Å². The van der Waals surface area contributed by atoms with Crippen molar-refractivity contribution in [1.82, 2.24) is 4.90 Å². The van der Waals surface area contributed by atoms with Crippen LogP contribution in [0, 0.1) is 5.92 Å². The van der Waals surface area contributed by atoms with Gasteiger partial charge in [0.2, 0.25) is 5.91 Å². The molecule has 2 unspecified atom stereocenters. The molecule has 2 atom stereocenters. The monoisotopic (exact) mass is 256 g/mol. The standard InChI is InChI=1S/C13H24N2OS/c1-3-7-11(12(14)17)13(16)15-9-6-4-5-8-10(15)2/h10-11H,3-9H2,1-2H3,(H2,14,17). The van der Waals surface area contributed by atoms with E-state index in [9.17, 15) is 4.79 Å². The Morgan fingerprint density at radius 3 is 2.76 bits per heavy atom. The van der Waals surface area contributed by atoms with Gasteiger partial charge in [-0.3, -0.25) is 4.79 Å². The summed E-state index contributed by atoms with van der Waals surface area (Å²) in [5.74, 6) is -0.107.